The molecule has 0 bridgehead atoms. The molecule has 0 atom stereocenters. The first-order chi connectivity index (χ1) is 7.41. The van der Waals surface area contributed by atoms with Crippen LogP contribution in [-0.4, -0.2) is 14.5 Å². The van der Waals surface area contributed by atoms with Crippen LogP contribution in [0.4, 0.5) is 13.2 Å². The second kappa shape index (κ2) is 3.48. The SMILES string of the molecule is Cc1cn2cc(CO)nc2cc1C(F)(F)F. The molecule has 0 aliphatic heterocycles. The first-order valence-corrected chi connectivity index (χ1v) is 4.58. The molecule has 0 fully saturated rings. The van der Waals surface area contributed by atoms with Crippen molar-refractivity contribution < 1.29 is 18.3 Å². The van der Waals surface area contributed by atoms with Gasteiger partial charge in [-0.3, -0.25) is 0 Å². The number of aromatic nitrogens is 2. The zero-order valence-corrected chi connectivity index (χ0v) is 8.41. The number of imidazole rings is 1. The molecular formula is C10H9F3N2O. The van der Waals surface area contributed by atoms with E-state index in [0.717, 1.165) is 6.07 Å². The molecule has 86 valence electrons. The molecule has 0 saturated heterocycles. The first kappa shape index (κ1) is 10.9. The van der Waals surface area contributed by atoms with Crippen molar-refractivity contribution in [3.8, 4) is 0 Å². The smallest absolute Gasteiger partial charge is 0.390 e. The van der Waals surface area contributed by atoms with Crippen LogP contribution in [0.2, 0.25) is 0 Å². The minimum Gasteiger partial charge on any atom is -0.390 e. The van der Waals surface area contributed by atoms with Crippen LogP contribution in [0.1, 0.15) is 16.8 Å². The lowest BCUT2D eigenvalue weighted by molar-refractivity contribution is -0.138. The summed E-state index contributed by atoms with van der Waals surface area (Å²) in [7, 11) is 0. The molecule has 2 heterocycles. The van der Waals surface area contributed by atoms with Gasteiger partial charge in [-0.1, -0.05) is 0 Å². The van der Waals surface area contributed by atoms with E-state index in [4.69, 9.17) is 5.11 Å². The fourth-order valence-electron chi connectivity index (χ4n) is 1.57. The quantitative estimate of drug-likeness (QED) is 0.815. The maximum absolute atomic E-state index is 12.6. The topological polar surface area (TPSA) is 37.5 Å². The normalized spacial score (nSPS) is 12.3. The Balaban J connectivity index is 2.66. The molecule has 0 aromatic carbocycles. The van der Waals surface area contributed by atoms with Gasteiger partial charge in [-0.25, -0.2) is 4.98 Å². The second-order valence-electron chi connectivity index (χ2n) is 3.52. The highest BCUT2D eigenvalue weighted by Gasteiger charge is 2.32. The maximum Gasteiger partial charge on any atom is 0.416 e. The van der Waals surface area contributed by atoms with E-state index in [1.54, 1.807) is 0 Å². The van der Waals surface area contributed by atoms with Crippen molar-refractivity contribution in [3.05, 3.63) is 35.3 Å². The van der Waals surface area contributed by atoms with Crippen LogP contribution in [0.5, 0.6) is 0 Å². The Labute approximate surface area is 89.2 Å². The van der Waals surface area contributed by atoms with E-state index >= 15 is 0 Å². The van der Waals surface area contributed by atoms with Crippen LogP contribution in [0, 0.1) is 6.92 Å². The van der Waals surface area contributed by atoms with E-state index in [9.17, 15) is 13.2 Å². The molecule has 1 N–H and O–H groups in total. The van der Waals surface area contributed by atoms with Gasteiger partial charge in [0.25, 0.3) is 0 Å². The minimum absolute atomic E-state index is 0.127. The largest absolute Gasteiger partial charge is 0.416 e. The monoisotopic (exact) mass is 230 g/mol. The van der Waals surface area contributed by atoms with Crippen LogP contribution < -0.4 is 0 Å². The van der Waals surface area contributed by atoms with E-state index < -0.39 is 11.7 Å². The van der Waals surface area contributed by atoms with Crippen molar-refractivity contribution in [2.45, 2.75) is 19.7 Å². The predicted molar refractivity (Wildman–Crippen MR) is 50.9 cm³/mol. The van der Waals surface area contributed by atoms with Gasteiger partial charge in [-0.15, -0.1) is 0 Å². The van der Waals surface area contributed by atoms with E-state index in [2.05, 4.69) is 4.98 Å². The van der Waals surface area contributed by atoms with Gasteiger partial charge in [-0.2, -0.15) is 13.2 Å². The standard InChI is InChI=1S/C10H9F3N2O/c1-6-3-15-4-7(5-16)14-9(15)2-8(6)10(11,12)13/h2-4,16H,5H2,1H3. The molecular weight excluding hydrogens is 221 g/mol. The summed E-state index contributed by atoms with van der Waals surface area (Å²) in [5.74, 6) is 0. The summed E-state index contributed by atoms with van der Waals surface area (Å²) >= 11 is 0. The molecule has 0 aliphatic carbocycles. The number of aryl methyl sites for hydroxylation is 1. The summed E-state index contributed by atoms with van der Waals surface area (Å²) in [6.07, 6.45) is -1.52. The molecule has 16 heavy (non-hydrogen) atoms. The zero-order valence-electron chi connectivity index (χ0n) is 8.41. The lowest BCUT2D eigenvalue weighted by Gasteiger charge is -2.09. The van der Waals surface area contributed by atoms with Gasteiger partial charge < -0.3 is 9.51 Å². The van der Waals surface area contributed by atoms with Gasteiger partial charge in [0, 0.05) is 12.4 Å². The molecule has 0 aliphatic rings. The van der Waals surface area contributed by atoms with Gasteiger partial charge in [0.2, 0.25) is 0 Å². The number of hydrogen-bond acceptors (Lipinski definition) is 2. The molecule has 2 aromatic rings. The van der Waals surface area contributed by atoms with Gasteiger partial charge in [-0.05, 0) is 18.6 Å². The molecule has 0 amide bonds. The minimum atomic E-state index is -4.38. The summed E-state index contributed by atoms with van der Waals surface area (Å²) in [5.41, 5.74) is -0.0438. The van der Waals surface area contributed by atoms with E-state index in [1.165, 1.54) is 23.7 Å². The zero-order chi connectivity index (χ0) is 11.9. The van der Waals surface area contributed by atoms with Crippen LogP contribution in [0.15, 0.2) is 18.5 Å². The Kier molecular flexibility index (Phi) is 2.38. The average Bonchev–Trinajstić information content (AvgIpc) is 2.56. The average molecular weight is 230 g/mol. The highest BCUT2D eigenvalue weighted by atomic mass is 19.4. The lowest BCUT2D eigenvalue weighted by atomic mass is 10.1. The maximum atomic E-state index is 12.6. The van der Waals surface area contributed by atoms with Gasteiger partial charge in [0.05, 0.1) is 17.9 Å². The van der Waals surface area contributed by atoms with Crippen LogP contribution in [-0.2, 0) is 12.8 Å². The number of pyridine rings is 1. The van der Waals surface area contributed by atoms with E-state index in [0.29, 0.717) is 5.69 Å². The van der Waals surface area contributed by atoms with Crippen molar-refractivity contribution in [2.24, 2.45) is 0 Å². The fourth-order valence-corrected chi connectivity index (χ4v) is 1.57. The van der Waals surface area contributed by atoms with Crippen molar-refractivity contribution in [2.75, 3.05) is 0 Å². The van der Waals surface area contributed by atoms with Crippen molar-refractivity contribution in [1.82, 2.24) is 9.38 Å². The van der Waals surface area contributed by atoms with Gasteiger partial charge in [0.15, 0.2) is 0 Å². The summed E-state index contributed by atoms with van der Waals surface area (Å²) in [5, 5.41) is 8.84. The van der Waals surface area contributed by atoms with E-state index in [1.807, 2.05) is 0 Å². The summed E-state index contributed by atoms with van der Waals surface area (Å²) < 4.78 is 39.2. The third kappa shape index (κ3) is 1.76. The molecule has 6 heteroatoms. The summed E-state index contributed by atoms with van der Waals surface area (Å²) in [4.78, 5) is 3.86. The molecule has 2 aromatic heterocycles. The molecule has 0 spiro atoms. The highest BCUT2D eigenvalue weighted by Crippen LogP contribution is 2.32. The third-order valence-electron chi connectivity index (χ3n) is 2.31. The van der Waals surface area contributed by atoms with E-state index in [-0.39, 0.29) is 17.8 Å². The second-order valence-corrected chi connectivity index (χ2v) is 3.52. The van der Waals surface area contributed by atoms with Crippen molar-refractivity contribution in [3.63, 3.8) is 0 Å². The number of alkyl halides is 3. The number of hydrogen-bond donors (Lipinski definition) is 1. The molecule has 2 rings (SSSR count). The third-order valence-corrected chi connectivity index (χ3v) is 2.31. The Bertz CT molecular complexity index is 531. The Hall–Kier alpha value is -1.56. The number of rotatable bonds is 1. The van der Waals surface area contributed by atoms with Gasteiger partial charge in [0.1, 0.15) is 5.65 Å². The first-order valence-electron chi connectivity index (χ1n) is 4.58. The fraction of sp³-hybridized carbons (Fsp3) is 0.300. The predicted octanol–water partition coefficient (Wildman–Crippen LogP) is 2.15. The number of aliphatic hydroxyl groups excluding tert-OH is 1. The number of halogens is 3. The van der Waals surface area contributed by atoms with Crippen LogP contribution >= 0.6 is 0 Å². The number of aliphatic hydroxyl groups is 1. The summed E-state index contributed by atoms with van der Waals surface area (Å²) in [6.45, 7) is 1.10. The molecule has 0 radical (unpaired) electrons. The summed E-state index contributed by atoms with van der Waals surface area (Å²) in [6, 6.07) is 0.981. The lowest BCUT2D eigenvalue weighted by Crippen LogP contribution is -2.08. The molecule has 3 nitrogen and oxygen atoms in total. The van der Waals surface area contributed by atoms with Crippen molar-refractivity contribution >= 4 is 5.65 Å². The Morgan fingerprint density at radius 1 is 1.38 bits per heavy atom. The number of nitrogens with zero attached hydrogens (tertiary/aromatic N) is 2. The van der Waals surface area contributed by atoms with Crippen LogP contribution in [0.25, 0.3) is 5.65 Å². The number of fused-ring (bicyclic) bond motifs is 1. The van der Waals surface area contributed by atoms with Crippen molar-refractivity contribution in [1.29, 1.82) is 0 Å². The molecule has 0 saturated carbocycles. The van der Waals surface area contributed by atoms with Crippen LogP contribution in [0.3, 0.4) is 0 Å². The Morgan fingerprint density at radius 3 is 2.62 bits per heavy atom. The highest BCUT2D eigenvalue weighted by molar-refractivity contribution is 5.46. The van der Waals surface area contributed by atoms with Gasteiger partial charge >= 0.3 is 6.18 Å². The molecule has 0 unspecified atom stereocenters. The Morgan fingerprint density at radius 2 is 2.06 bits per heavy atom.